The molecule has 1 atom stereocenters. The van der Waals surface area contributed by atoms with Crippen LogP contribution in [0.2, 0.25) is 0 Å². The van der Waals surface area contributed by atoms with Crippen LogP contribution in [0.3, 0.4) is 0 Å². The summed E-state index contributed by atoms with van der Waals surface area (Å²) >= 11 is 0. The quantitative estimate of drug-likeness (QED) is 0.575. The normalized spacial score (nSPS) is 24.4. The second kappa shape index (κ2) is 11.4. The van der Waals surface area contributed by atoms with Gasteiger partial charge in [-0.15, -0.1) is 0 Å². The Hall–Kier alpha value is -0.160. The van der Waals surface area contributed by atoms with Crippen molar-refractivity contribution in [1.29, 1.82) is 0 Å². The Morgan fingerprint density at radius 1 is 1.19 bits per heavy atom. The summed E-state index contributed by atoms with van der Waals surface area (Å²) < 4.78 is 5.50. The second-order valence-electron chi connectivity index (χ2n) is 6.48. The molecule has 1 aliphatic rings. The van der Waals surface area contributed by atoms with Crippen molar-refractivity contribution in [2.45, 2.75) is 77.0 Å². The number of nitrogens with one attached hydrogen (secondary N) is 1. The molecule has 2 N–H and O–H groups in total. The van der Waals surface area contributed by atoms with Gasteiger partial charge in [-0.3, -0.25) is 0 Å². The van der Waals surface area contributed by atoms with Gasteiger partial charge < -0.3 is 20.1 Å². The van der Waals surface area contributed by atoms with Gasteiger partial charge in [0, 0.05) is 25.2 Å². The molecule has 0 aromatic heterocycles. The molecule has 1 rings (SSSR count). The number of ether oxygens (including phenoxy) is 1. The van der Waals surface area contributed by atoms with Crippen molar-refractivity contribution in [1.82, 2.24) is 10.2 Å². The van der Waals surface area contributed by atoms with Crippen LogP contribution in [0, 0.1) is 0 Å². The highest BCUT2D eigenvalue weighted by molar-refractivity contribution is 4.82. The van der Waals surface area contributed by atoms with Crippen molar-refractivity contribution >= 4 is 0 Å². The average molecular weight is 300 g/mol. The minimum atomic E-state index is -0.359. The van der Waals surface area contributed by atoms with Crippen LogP contribution in [0.1, 0.15) is 58.8 Å². The summed E-state index contributed by atoms with van der Waals surface area (Å²) in [5.74, 6) is 0. The fraction of sp³-hybridized carbons (Fsp3) is 1.00. The highest BCUT2D eigenvalue weighted by Crippen LogP contribution is 2.22. The summed E-state index contributed by atoms with van der Waals surface area (Å²) in [7, 11) is 2.14. The molecular weight excluding hydrogens is 264 g/mol. The number of aliphatic hydroxyl groups is 1. The van der Waals surface area contributed by atoms with E-state index in [1.807, 2.05) is 0 Å². The fourth-order valence-electron chi connectivity index (χ4n) is 3.07. The van der Waals surface area contributed by atoms with Gasteiger partial charge in [-0.1, -0.05) is 20.3 Å². The monoisotopic (exact) mass is 300 g/mol. The second-order valence-corrected chi connectivity index (χ2v) is 6.48. The van der Waals surface area contributed by atoms with Crippen LogP contribution < -0.4 is 5.32 Å². The predicted molar refractivity (Wildman–Crippen MR) is 88.7 cm³/mol. The highest BCUT2D eigenvalue weighted by Gasteiger charge is 2.24. The first-order valence-corrected chi connectivity index (χ1v) is 8.86. The van der Waals surface area contributed by atoms with E-state index < -0.39 is 0 Å². The van der Waals surface area contributed by atoms with Gasteiger partial charge >= 0.3 is 0 Å². The summed E-state index contributed by atoms with van der Waals surface area (Å²) in [5.41, 5.74) is 0. The maximum absolute atomic E-state index is 10.0. The van der Waals surface area contributed by atoms with E-state index in [-0.39, 0.29) is 6.10 Å². The number of hydrogen-bond acceptors (Lipinski definition) is 4. The van der Waals surface area contributed by atoms with Crippen LogP contribution in [-0.4, -0.2) is 61.5 Å². The summed E-state index contributed by atoms with van der Waals surface area (Å²) in [5, 5.41) is 13.7. The SMILES string of the molecule is CCCCOCC(O)CN(C)C1CCC(NCCC)CC1. The summed E-state index contributed by atoms with van der Waals surface area (Å²) in [6.45, 7) is 7.47. The summed E-state index contributed by atoms with van der Waals surface area (Å²) in [4.78, 5) is 2.32. The van der Waals surface area contributed by atoms with Crippen LogP contribution in [-0.2, 0) is 4.74 Å². The summed E-state index contributed by atoms with van der Waals surface area (Å²) in [6.07, 6.45) is 8.08. The molecule has 126 valence electrons. The molecule has 0 radical (unpaired) electrons. The van der Waals surface area contributed by atoms with Crippen molar-refractivity contribution in [2.75, 3.05) is 33.4 Å². The smallest absolute Gasteiger partial charge is 0.0900 e. The molecule has 0 saturated heterocycles. The van der Waals surface area contributed by atoms with Crippen LogP contribution in [0.4, 0.5) is 0 Å². The lowest BCUT2D eigenvalue weighted by Crippen LogP contribution is -2.44. The standard InChI is InChI=1S/C17H36N2O2/c1-4-6-12-21-14-17(20)13-19(3)16-9-7-15(8-10-16)18-11-5-2/h15-18,20H,4-14H2,1-3H3. The number of nitrogens with zero attached hydrogens (tertiary/aromatic N) is 1. The molecule has 0 aliphatic heterocycles. The van der Waals surface area contributed by atoms with E-state index in [0.717, 1.165) is 32.5 Å². The average Bonchev–Trinajstić information content (AvgIpc) is 2.50. The molecule has 0 aromatic carbocycles. The topological polar surface area (TPSA) is 44.7 Å². The Kier molecular flexibility index (Phi) is 10.3. The van der Waals surface area contributed by atoms with Crippen LogP contribution in [0.25, 0.3) is 0 Å². The minimum Gasteiger partial charge on any atom is -0.389 e. The first kappa shape index (κ1) is 18.9. The number of unbranched alkanes of at least 4 members (excludes halogenated alkanes) is 1. The molecule has 0 spiro atoms. The third kappa shape index (κ3) is 8.15. The minimum absolute atomic E-state index is 0.359. The molecule has 0 bridgehead atoms. The van der Waals surface area contributed by atoms with Crippen molar-refractivity contribution < 1.29 is 9.84 Å². The summed E-state index contributed by atoms with van der Waals surface area (Å²) in [6, 6.07) is 1.33. The molecular formula is C17H36N2O2. The molecule has 1 unspecified atom stereocenters. The van der Waals surface area contributed by atoms with E-state index >= 15 is 0 Å². The Morgan fingerprint density at radius 2 is 1.90 bits per heavy atom. The van der Waals surface area contributed by atoms with Crippen molar-refractivity contribution in [3.63, 3.8) is 0 Å². The number of likely N-dealkylation sites (N-methyl/N-ethyl adjacent to an activating group) is 1. The number of rotatable bonds is 11. The Bertz CT molecular complexity index is 243. The molecule has 0 amide bonds. The van der Waals surface area contributed by atoms with Gasteiger partial charge in [-0.25, -0.2) is 0 Å². The lowest BCUT2D eigenvalue weighted by atomic mass is 9.90. The van der Waals surface area contributed by atoms with E-state index in [4.69, 9.17) is 4.74 Å². The van der Waals surface area contributed by atoms with Crippen molar-refractivity contribution in [3.05, 3.63) is 0 Å². The van der Waals surface area contributed by atoms with E-state index in [1.54, 1.807) is 0 Å². The van der Waals surface area contributed by atoms with Gasteiger partial charge in [0.05, 0.1) is 12.7 Å². The zero-order valence-electron chi connectivity index (χ0n) is 14.3. The molecule has 1 aliphatic carbocycles. The third-order valence-corrected chi connectivity index (χ3v) is 4.45. The Balaban J connectivity index is 2.13. The maximum atomic E-state index is 10.0. The number of aliphatic hydroxyl groups excluding tert-OH is 1. The van der Waals surface area contributed by atoms with E-state index in [9.17, 15) is 5.11 Å². The van der Waals surface area contributed by atoms with E-state index in [2.05, 4.69) is 31.1 Å². The molecule has 4 nitrogen and oxygen atoms in total. The van der Waals surface area contributed by atoms with E-state index in [0.29, 0.717) is 18.7 Å². The molecule has 1 saturated carbocycles. The van der Waals surface area contributed by atoms with Crippen molar-refractivity contribution in [3.8, 4) is 0 Å². The number of hydrogen-bond donors (Lipinski definition) is 2. The first-order chi connectivity index (χ1) is 10.2. The maximum Gasteiger partial charge on any atom is 0.0900 e. The molecule has 1 fully saturated rings. The van der Waals surface area contributed by atoms with Crippen molar-refractivity contribution in [2.24, 2.45) is 0 Å². The van der Waals surface area contributed by atoms with Crippen LogP contribution >= 0.6 is 0 Å². The Morgan fingerprint density at radius 3 is 2.52 bits per heavy atom. The predicted octanol–water partition coefficient (Wildman–Crippen LogP) is 2.41. The molecule has 21 heavy (non-hydrogen) atoms. The molecule has 0 heterocycles. The molecule has 4 heteroatoms. The van der Waals surface area contributed by atoms with Gasteiger partial charge in [0.1, 0.15) is 0 Å². The lowest BCUT2D eigenvalue weighted by Gasteiger charge is -2.35. The van der Waals surface area contributed by atoms with Crippen LogP contribution in [0.15, 0.2) is 0 Å². The van der Waals surface area contributed by atoms with Gasteiger partial charge in [0.25, 0.3) is 0 Å². The fourth-order valence-corrected chi connectivity index (χ4v) is 3.07. The van der Waals surface area contributed by atoms with Gasteiger partial charge in [-0.05, 0) is 52.1 Å². The zero-order valence-corrected chi connectivity index (χ0v) is 14.3. The van der Waals surface area contributed by atoms with Gasteiger partial charge in [-0.2, -0.15) is 0 Å². The zero-order chi connectivity index (χ0) is 15.5. The first-order valence-electron chi connectivity index (χ1n) is 8.86. The lowest BCUT2D eigenvalue weighted by molar-refractivity contribution is 0.00957. The third-order valence-electron chi connectivity index (χ3n) is 4.45. The van der Waals surface area contributed by atoms with Crippen LogP contribution in [0.5, 0.6) is 0 Å². The van der Waals surface area contributed by atoms with E-state index in [1.165, 1.54) is 32.1 Å². The Labute approximate surface area is 131 Å². The largest absolute Gasteiger partial charge is 0.389 e. The highest BCUT2D eigenvalue weighted by atomic mass is 16.5. The van der Waals surface area contributed by atoms with Gasteiger partial charge in [0.2, 0.25) is 0 Å². The molecule has 0 aromatic rings. The van der Waals surface area contributed by atoms with Gasteiger partial charge in [0.15, 0.2) is 0 Å².